The first kappa shape index (κ1) is 12.4. The van der Waals surface area contributed by atoms with Gasteiger partial charge in [0.1, 0.15) is 0 Å². The van der Waals surface area contributed by atoms with Crippen LogP contribution in [0.3, 0.4) is 0 Å². The Morgan fingerprint density at radius 2 is 2.06 bits per heavy atom. The van der Waals surface area contributed by atoms with Crippen LogP contribution in [-0.4, -0.2) is 17.1 Å². The van der Waals surface area contributed by atoms with Gasteiger partial charge in [0.25, 0.3) is 0 Å². The smallest absolute Gasteiger partial charge is 0.165 e. The van der Waals surface area contributed by atoms with E-state index in [1.165, 1.54) is 13.2 Å². The molecule has 1 aromatic heterocycles. The Balaban J connectivity index is 2.51. The number of aromatic nitrogens is 2. The standard InChI is InChI=1S/C13H14FN3O/c1-8-5-10(7-15)17-13(16-8)9-3-4-11(14)12(6-9)18-2/h3-6H,7,15H2,1-2H3. The molecule has 0 radical (unpaired) electrons. The Morgan fingerprint density at radius 3 is 2.72 bits per heavy atom. The van der Waals surface area contributed by atoms with Crippen molar-refractivity contribution in [3.8, 4) is 17.1 Å². The molecule has 0 fully saturated rings. The molecule has 94 valence electrons. The second-order valence-electron chi connectivity index (χ2n) is 3.88. The molecule has 0 saturated heterocycles. The lowest BCUT2D eigenvalue weighted by molar-refractivity contribution is 0.386. The molecule has 2 rings (SSSR count). The fourth-order valence-electron chi connectivity index (χ4n) is 1.67. The average Bonchev–Trinajstić information content (AvgIpc) is 2.38. The normalized spacial score (nSPS) is 10.4. The van der Waals surface area contributed by atoms with Crippen molar-refractivity contribution >= 4 is 0 Å². The first-order valence-corrected chi connectivity index (χ1v) is 5.52. The molecule has 2 N–H and O–H groups in total. The highest BCUT2D eigenvalue weighted by Crippen LogP contribution is 2.24. The van der Waals surface area contributed by atoms with Crippen molar-refractivity contribution in [3.63, 3.8) is 0 Å². The molecule has 5 heteroatoms. The zero-order valence-electron chi connectivity index (χ0n) is 10.3. The van der Waals surface area contributed by atoms with Gasteiger partial charge in [-0.1, -0.05) is 0 Å². The fourth-order valence-corrected chi connectivity index (χ4v) is 1.67. The van der Waals surface area contributed by atoms with Gasteiger partial charge in [0.2, 0.25) is 0 Å². The molecule has 0 spiro atoms. The third-order valence-electron chi connectivity index (χ3n) is 2.53. The van der Waals surface area contributed by atoms with Crippen molar-refractivity contribution in [1.29, 1.82) is 0 Å². The van der Waals surface area contributed by atoms with E-state index in [4.69, 9.17) is 10.5 Å². The first-order chi connectivity index (χ1) is 8.63. The van der Waals surface area contributed by atoms with Crippen molar-refractivity contribution in [3.05, 3.63) is 41.5 Å². The van der Waals surface area contributed by atoms with Crippen molar-refractivity contribution in [2.75, 3.05) is 7.11 Å². The number of benzene rings is 1. The minimum absolute atomic E-state index is 0.173. The van der Waals surface area contributed by atoms with Crippen LogP contribution in [0.5, 0.6) is 5.75 Å². The van der Waals surface area contributed by atoms with Crippen LogP contribution in [0.25, 0.3) is 11.4 Å². The molecule has 1 heterocycles. The van der Waals surface area contributed by atoms with E-state index in [2.05, 4.69) is 9.97 Å². The second-order valence-corrected chi connectivity index (χ2v) is 3.88. The van der Waals surface area contributed by atoms with Crippen LogP contribution in [0, 0.1) is 12.7 Å². The summed E-state index contributed by atoms with van der Waals surface area (Å²) in [5.74, 6) is 0.286. The average molecular weight is 247 g/mol. The van der Waals surface area contributed by atoms with Gasteiger partial charge in [-0.3, -0.25) is 0 Å². The number of rotatable bonds is 3. The summed E-state index contributed by atoms with van der Waals surface area (Å²) in [5.41, 5.74) is 7.85. The lowest BCUT2D eigenvalue weighted by Crippen LogP contribution is -2.03. The van der Waals surface area contributed by atoms with Crippen molar-refractivity contribution < 1.29 is 9.13 Å². The first-order valence-electron chi connectivity index (χ1n) is 5.52. The van der Waals surface area contributed by atoms with E-state index < -0.39 is 5.82 Å². The lowest BCUT2D eigenvalue weighted by Gasteiger charge is -2.07. The van der Waals surface area contributed by atoms with Gasteiger partial charge < -0.3 is 10.5 Å². The topological polar surface area (TPSA) is 61.0 Å². The van der Waals surface area contributed by atoms with Crippen LogP contribution in [-0.2, 0) is 6.54 Å². The van der Waals surface area contributed by atoms with Crippen LogP contribution in [0.1, 0.15) is 11.4 Å². The summed E-state index contributed by atoms with van der Waals surface area (Å²) in [5, 5.41) is 0. The van der Waals surface area contributed by atoms with E-state index >= 15 is 0 Å². The molecule has 18 heavy (non-hydrogen) atoms. The van der Waals surface area contributed by atoms with Crippen LogP contribution in [0.15, 0.2) is 24.3 Å². The third kappa shape index (κ3) is 2.46. The van der Waals surface area contributed by atoms with E-state index in [1.807, 2.05) is 13.0 Å². The SMILES string of the molecule is COc1cc(-c2nc(C)cc(CN)n2)ccc1F. The number of nitrogens with two attached hydrogens (primary N) is 1. The molecule has 0 aliphatic heterocycles. The summed E-state index contributed by atoms with van der Waals surface area (Å²) in [6.07, 6.45) is 0. The fraction of sp³-hybridized carbons (Fsp3) is 0.231. The highest BCUT2D eigenvalue weighted by molar-refractivity contribution is 5.58. The van der Waals surface area contributed by atoms with E-state index in [0.29, 0.717) is 17.9 Å². The van der Waals surface area contributed by atoms with Gasteiger partial charge in [-0.2, -0.15) is 0 Å². The Bertz CT molecular complexity index is 572. The summed E-state index contributed by atoms with van der Waals surface area (Å²) in [7, 11) is 1.42. The number of halogens is 1. The Labute approximate surface area is 105 Å². The molecular formula is C13H14FN3O. The third-order valence-corrected chi connectivity index (χ3v) is 2.53. The summed E-state index contributed by atoms with van der Waals surface area (Å²) < 4.78 is 18.3. The molecule has 0 amide bonds. The van der Waals surface area contributed by atoms with E-state index in [1.54, 1.807) is 12.1 Å². The lowest BCUT2D eigenvalue weighted by atomic mass is 10.2. The molecule has 1 aromatic carbocycles. The predicted molar refractivity (Wildman–Crippen MR) is 66.6 cm³/mol. The number of hydrogen-bond acceptors (Lipinski definition) is 4. The summed E-state index contributed by atoms with van der Waals surface area (Å²) in [6, 6.07) is 6.35. The van der Waals surface area contributed by atoms with Crippen LogP contribution in [0.2, 0.25) is 0 Å². The highest BCUT2D eigenvalue weighted by atomic mass is 19.1. The van der Waals surface area contributed by atoms with Gasteiger partial charge >= 0.3 is 0 Å². The summed E-state index contributed by atoms with van der Waals surface area (Å²) >= 11 is 0. The minimum atomic E-state index is -0.409. The van der Waals surface area contributed by atoms with E-state index in [-0.39, 0.29) is 5.75 Å². The molecule has 0 atom stereocenters. The summed E-state index contributed by atoms with van der Waals surface area (Å²) in [6.45, 7) is 2.21. The van der Waals surface area contributed by atoms with Gasteiger partial charge in [0, 0.05) is 17.8 Å². The Hall–Kier alpha value is -2.01. The maximum absolute atomic E-state index is 13.3. The zero-order chi connectivity index (χ0) is 13.1. The van der Waals surface area contributed by atoms with Crippen LogP contribution in [0.4, 0.5) is 4.39 Å². The van der Waals surface area contributed by atoms with Gasteiger partial charge in [-0.25, -0.2) is 14.4 Å². The maximum atomic E-state index is 13.3. The predicted octanol–water partition coefficient (Wildman–Crippen LogP) is 2.06. The molecule has 2 aromatic rings. The monoisotopic (exact) mass is 247 g/mol. The number of aryl methyl sites for hydroxylation is 1. The Morgan fingerprint density at radius 1 is 1.28 bits per heavy atom. The van der Waals surface area contributed by atoms with Crippen LogP contribution < -0.4 is 10.5 Å². The minimum Gasteiger partial charge on any atom is -0.494 e. The van der Waals surface area contributed by atoms with Crippen LogP contribution >= 0.6 is 0 Å². The van der Waals surface area contributed by atoms with Crippen molar-refractivity contribution in [2.24, 2.45) is 5.73 Å². The quantitative estimate of drug-likeness (QED) is 0.901. The van der Waals surface area contributed by atoms with Gasteiger partial charge in [0.15, 0.2) is 17.4 Å². The number of methoxy groups -OCH3 is 1. The number of nitrogens with zero attached hydrogens (tertiary/aromatic N) is 2. The molecular weight excluding hydrogens is 233 g/mol. The molecule has 0 aliphatic carbocycles. The van der Waals surface area contributed by atoms with Gasteiger partial charge in [-0.05, 0) is 31.2 Å². The molecule has 0 unspecified atom stereocenters. The van der Waals surface area contributed by atoms with Gasteiger partial charge in [0.05, 0.1) is 12.8 Å². The zero-order valence-corrected chi connectivity index (χ0v) is 10.3. The number of ether oxygens (including phenoxy) is 1. The Kier molecular flexibility index (Phi) is 3.53. The van der Waals surface area contributed by atoms with E-state index in [0.717, 1.165) is 11.4 Å². The summed E-state index contributed by atoms with van der Waals surface area (Å²) in [4.78, 5) is 8.63. The second kappa shape index (κ2) is 5.10. The van der Waals surface area contributed by atoms with Crippen molar-refractivity contribution in [2.45, 2.75) is 13.5 Å². The van der Waals surface area contributed by atoms with E-state index in [9.17, 15) is 4.39 Å². The molecule has 0 bridgehead atoms. The largest absolute Gasteiger partial charge is 0.494 e. The van der Waals surface area contributed by atoms with Crippen molar-refractivity contribution in [1.82, 2.24) is 9.97 Å². The molecule has 0 aliphatic rings. The maximum Gasteiger partial charge on any atom is 0.165 e. The molecule has 4 nitrogen and oxygen atoms in total. The van der Waals surface area contributed by atoms with Gasteiger partial charge in [-0.15, -0.1) is 0 Å². The molecule has 0 saturated carbocycles. The number of hydrogen-bond donors (Lipinski definition) is 1. The highest BCUT2D eigenvalue weighted by Gasteiger charge is 2.08.